The Morgan fingerprint density at radius 3 is 2.11 bits per heavy atom. The van der Waals surface area contributed by atoms with Crippen molar-refractivity contribution in [2.45, 2.75) is 0 Å². The minimum atomic E-state index is -0.903. The fourth-order valence-electron chi connectivity index (χ4n) is 1.94. The first-order valence-electron chi connectivity index (χ1n) is 5.56. The summed E-state index contributed by atoms with van der Waals surface area (Å²) in [5, 5.41) is 0.203. The third-order valence-corrected chi connectivity index (χ3v) is 2.82. The summed E-state index contributed by atoms with van der Waals surface area (Å²) in [7, 11) is 0. The van der Waals surface area contributed by atoms with Crippen molar-refractivity contribution in [3.05, 3.63) is 66.2 Å². The molecule has 0 saturated heterocycles. The average molecular weight is 275 g/mol. The van der Waals surface area contributed by atoms with E-state index in [9.17, 15) is 8.78 Å². The average Bonchev–Trinajstić information content (AvgIpc) is 2.44. The van der Waals surface area contributed by atoms with E-state index >= 15 is 0 Å². The number of pyridine rings is 1. The van der Waals surface area contributed by atoms with Gasteiger partial charge in [0.2, 0.25) is 0 Å². The lowest BCUT2D eigenvalue weighted by Crippen LogP contribution is -1.96. The SMILES string of the molecule is Fc1c(-c2ccccc2)nc2ccccc2c1F.P. The van der Waals surface area contributed by atoms with E-state index in [0.29, 0.717) is 11.1 Å². The highest BCUT2D eigenvalue weighted by Gasteiger charge is 2.15. The fraction of sp³-hybridized carbons (Fsp3) is 0. The summed E-state index contributed by atoms with van der Waals surface area (Å²) in [6, 6.07) is 15.4. The van der Waals surface area contributed by atoms with Crippen molar-refractivity contribution in [3.8, 4) is 11.3 Å². The van der Waals surface area contributed by atoms with Crippen LogP contribution >= 0.6 is 9.90 Å². The van der Waals surface area contributed by atoms with Gasteiger partial charge in [0, 0.05) is 10.9 Å². The van der Waals surface area contributed by atoms with Crippen molar-refractivity contribution in [1.29, 1.82) is 0 Å². The van der Waals surface area contributed by atoms with E-state index in [1.807, 2.05) is 6.07 Å². The molecule has 0 fully saturated rings. The Kier molecular flexibility index (Phi) is 3.87. The molecule has 0 aliphatic carbocycles. The van der Waals surface area contributed by atoms with Gasteiger partial charge in [-0.15, -0.1) is 0 Å². The minimum Gasteiger partial charge on any atom is -0.244 e. The van der Waals surface area contributed by atoms with Crippen molar-refractivity contribution < 1.29 is 8.78 Å². The van der Waals surface area contributed by atoms with Gasteiger partial charge in [0.25, 0.3) is 0 Å². The molecular formula is C15H12F2NP. The molecule has 0 bridgehead atoms. The van der Waals surface area contributed by atoms with Crippen LogP contribution in [0.2, 0.25) is 0 Å². The highest BCUT2D eigenvalue weighted by Crippen LogP contribution is 2.27. The van der Waals surface area contributed by atoms with E-state index in [4.69, 9.17) is 0 Å². The van der Waals surface area contributed by atoms with E-state index in [2.05, 4.69) is 4.98 Å². The monoisotopic (exact) mass is 275 g/mol. The van der Waals surface area contributed by atoms with Gasteiger partial charge in [-0.25, -0.2) is 13.8 Å². The fourth-order valence-corrected chi connectivity index (χ4v) is 1.94. The van der Waals surface area contributed by atoms with Gasteiger partial charge in [-0.1, -0.05) is 42.5 Å². The van der Waals surface area contributed by atoms with Gasteiger partial charge in [-0.05, 0) is 12.1 Å². The van der Waals surface area contributed by atoms with Crippen LogP contribution in [0.3, 0.4) is 0 Å². The second-order valence-corrected chi connectivity index (χ2v) is 3.97. The second kappa shape index (κ2) is 5.41. The number of hydrogen-bond donors (Lipinski definition) is 0. The molecule has 0 spiro atoms. The van der Waals surface area contributed by atoms with Gasteiger partial charge in [-0.2, -0.15) is 9.90 Å². The number of rotatable bonds is 1. The van der Waals surface area contributed by atoms with Gasteiger partial charge in [0.15, 0.2) is 11.6 Å². The van der Waals surface area contributed by atoms with Crippen LogP contribution in [0.15, 0.2) is 54.6 Å². The Labute approximate surface area is 112 Å². The molecule has 19 heavy (non-hydrogen) atoms. The van der Waals surface area contributed by atoms with E-state index in [0.717, 1.165) is 0 Å². The Balaban J connectivity index is 0.00000133. The molecule has 3 aromatic rings. The van der Waals surface area contributed by atoms with E-state index < -0.39 is 11.6 Å². The molecule has 0 N–H and O–H groups in total. The maximum absolute atomic E-state index is 14.0. The predicted molar refractivity (Wildman–Crippen MR) is 78.2 cm³/mol. The molecule has 1 unspecified atom stereocenters. The zero-order valence-corrected chi connectivity index (χ0v) is 11.5. The quantitative estimate of drug-likeness (QED) is 0.605. The molecule has 1 heterocycles. The Bertz CT molecular complexity index is 714. The zero-order valence-electron chi connectivity index (χ0n) is 10.1. The summed E-state index contributed by atoms with van der Waals surface area (Å²) in [5.74, 6) is -1.75. The third-order valence-electron chi connectivity index (χ3n) is 2.82. The molecule has 0 aliphatic rings. The van der Waals surface area contributed by atoms with Crippen LogP contribution in [0.4, 0.5) is 8.78 Å². The summed E-state index contributed by atoms with van der Waals surface area (Å²) >= 11 is 0. The summed E-state index contributed by atoms with van der Waals surface area (Å²) < 4.78 is 27.9. The van der Waals surface area contributed by atoms with Crippen molar-refractivity contribution in [3.63, 3.8) is 0 Å². The number of benzene rings is 2. The molecule has 0 aliphatic heterocycles. The van der Waals surface area contributed by atoms with Crippen LogP contribution in [0, 0.1) is 11.6 Å². The van der Waals surface area contributed by atoms with Gasteiger partial charge in [0.1, 0.15) is 5.69 Å². The minimum absolute atomic E-state index is 0. The molecule has 0 radical (unpaired) electrons. The van der Waals surface area contributed by atoms with Crippen LogP contribution < -0.4 is 0 Å². The molecule has 1 atom stereocenters. The highest BCUT2D eigenvalue weighted by molar-refractivity contribution is 6.92. The van der Waals surface area contributed by atoms with Crippen LogP contribution in [0.1, 0.15) is 0 Å². The second-order valence-electron chi connectivity index (χ2n) is 3.97. The predicted octanol–water partition coefficient (Wildman–Crippen LogP) is 4.24. The lowest BCUT2D eigenvalue weighted by Gasteiger charge is -2.06. The molecule has 0 saturated carbocycles. The normalized spacial score (nSPS) is 10.2. The molecule has 4 heteroatoms. The van der Waals surface area contributed by atoms with Crippen LogP contribution in [-0.4, -0.2) is 4.98 Å². The summed E-state index contributed by atoms with van der Waals surface area (Å²) in [6.07, 6.45) is 0. The van der Waals surface area contributed by atoms with E-state index in [1.54, 1.807) is 42.5 Å². The lowest BCUT2D eigenvalue weighted by atomic mass is 10.1. The third kappa shape index (κ3) is 2.34. The van der Waals surface area contributed by atoms with Gasteiger partial charge in [0.05, 0.1) is 5.52 Å². The molecule has 96 valence electrons. The topological polar surface area (TPSA) is 12.9 Å². The van der Waals surface area contributed by atoms with Crippen LogP contribution in [0.25, 0.3) is 22.2 Å². The molecule has 1 nitrogen and oxygen atoms in total. The first kappa shape index (κ1) is 13.6. The number of hydrogen-bond acceptors (Lipinski definition) is 1. The number of aromatic nitrogens is 1. The summed E-state index contributed by atoms with van der Waals surface area (Å²) in [4.78, 5) is 4.19. The maximum atomic E-state index is 14.0. The maximum Gasteiger partial charge on any atom is 0.185 e. The van der Waals surface area contributed by atoms with Crippen LogP contribution in [-0.2, 0) is 0 Å². The van der Waals surface area contributed by atoms with E-state index in [1.165, 1.54) is 6.07 Å². The molecule has 0 amide bonds. The number of fused-ring (bicyclic) bond motifs is 1. The Hall–Kier alpha value is -1.86. The first-order chi connectivity index (χ1) is 8.77. The summed E-state index contributed by atoms with van der Waals surface area (Å²) in [5.41, 5.74) is 1.07. The summed E-state index contributed by atoms with van der Waals surface area (Å²) in [6.45, 7) is 0. The Morgan fingerprint density at radius 2 is 1.37 bits per heavy atom. The molecule has 2 aromatic carbocycles. The van der Waals surface area contributed by atoms with Crippen molar-refractivity contribution >= 4 is 20.8 Å². The Morgan fingerprint density at radius 1 is 0.737 bits per heavy atom. The van der Waals surface area contributed by atoms with Crippen molar-refractivity contribution in [1.82, 2.24) is 4.98 Å². The highest BCUT2D eigenvalue weighted by atomic mass is 31.0. The molecular weight excluding hydrogens is 263 g/mol. The van der Waals surface area contributed by atoms with Crippen LogP contribution in [0.5, 0.6) is 0 Å². The number of nitrogens with zero attached hydrogens (tertiary/aromatic N) is 1. The van der Waals surface area contributed by atoms with Crippen molar-refractivity contribution in [2.75, 3.05) is 0 Å². The van der Waals surface area contributed by atoms with Gasteiger partial charge >= 0.3 is 0 Å². The smallest absolute Gasteiger partial charge is 0.185 e. The zero-order chi connectivity index (χ0) is 12.5. The number of halogens is 2. The largest absolute Gasteiger partial charge is 0.244 e. The standard InChI is InChI=1S/C15H9F2N.H3P/c16-13-11-8-4-5-9-12(11)18-15(14(13)17)10-6-2-1-3-7-10;/h1-9H;1H3. The van der Waals surface area contributed by atoms with Crippen molar-refractivity contribution in [2.24, 2.45) is 0 Å². The molecule has 1 aromatic heterocycles. The van der Waals surface area contributed by atoms with Gasteiger partial charge < -0.3 is 0 Å². The molecule has 3 rings (SSSR count). The lowest BCUT2D eigenvalue weighted by molar-refractivity contribution is 0.516. The first-order valence-corrected chi connectivity index (χ1v) is 5.56. The van der Waals surface area contributed by atoms with Gasteiger partial charge in [-0.3, -0.25) is 0 Å². The van der Waals surface area contributed by atoms with E-state index in [-0.39, 0.29) is 21.0 Å². The number of para-hydroxylation sites is 1.